The molecule has 0 atom stereocenters. The summed E-state index contributed by atoms with van der Waals surface area (Å²) in [6, 6.07) is 17.9. The predicted octanol–water partition coefficient (Wildman–Crippen LogP) is 4.29. The number of carbonyl (C=O) groups excluding carboxylic acids is 1. The Bertz CT molecular complexity index is 710. The van der Waals surface area contributed by atoms with Gasteiger partial charge >= 0.3 is 0 Å². The van der Waals surface area contributed by atoms with Gasteiger partial charge in [-0.25, -0.2) is 0 Å². The fourth-order valence-corrected chi connectivity index (χ4v) is 3.19. The van der Waals surface area contributed by atoms with Crippen LogP contribution in [0.15, 0.2) is 65.3 Å². The van der Waals surface area contributed by atoms with Gasteiger partial charge < -0.3 is 10.1 Å². The van der Waals surface area contributed by atoms with Crippen molar-refractivity contribution in [2.45, 2.75) is 6.92 Å². The van der Waals surface area contributed by atoms with Crippen molar-refractivity contribution in [1.82, 2.24) is 0 Å². The van der Waals surface area contributed by atoms with Gasteiger partial charge in [-0.15, -0.1) is 11.8 Å². The van der Waals surface area contributed by atoms with Crippen LogP contribution in [0, 0.1) is 0 Å². The molecule has 0 aromatic heterocycles. The molecule has 0 saturated heterocycles. The van der Waals surface area contributed by atoms with Gasteiger partial charge in [-0.3, -0.25) is 4.79 Å². The summed E-state index contributed by atoms with van der Waals surface area (Å²) in [7, 11) is 0. The molecule has 3 rings (SSSR count). The highest BCUT2D eigenvalue weighted by atomic mass is 32.2. The lowest BCUT2D eigenvalue weighted by Gasteiger charge is -2.18. The number of para-hydroxylation sites is 1. The first kappa shape index (κ1) is 14.7. The Balaban J connectivity index is 1.89. The first-order valence-corrected chi connectivity index (χ1v) is 8.16. The highest BCUT2D eigenvalue weighted by Gasteiger charge is 2.19. The normalized spacial score (nSPS) is 14.4. The largest absolute Gasteiger partial charge is 0.496 e. The van der Waals surface area contributed by atoms with Crippen molar-refractivity contribution in [1.29, 1.82) is 0 Å². The van der Waals surface area contributed by atoms with Crippen molar-refractivity contribution in [3.63, 3.8) is 0 Å². The van der Waals surface area contributed by atoms with Crippen LogP contribution in [0.3, 0.4) is 0 Å². The van der Waals surface area contributed by atoms with Crippen LogP contribution in [0.1, 0.15) is 6.92 Å². The zero-order valence-electron chi connectivity index (χ0n) is 12.3. The molecule has 1 amide bonds. The highest BCUT2D eigenvalue weighted by Crippen LogP contribution is 2.30. The molecule has 112 valence electrons. The van der Waals surface area contributed by atoms with Crippen LogP contribution in [0.25, 0.3) is 11.1 Å². The minimum Gasteiger partial charge on any atom is -0.496 e. The average molecular weight is 311 g/mol. The molecule has 0 bridgehead atoms. The second-order valence-electron chi connectivity index (χ2n) is 4.95. The summed E-state index contributed by atoms with van der Waals surface area (Å²) < 4.78 is 5.46. The number of thioether (sulfide) groups is 1. The van der Waals surface area contributed by atoms with Crippen molar-refractivity contribution < 1.29 is 9.53 Å². The van der Waals surface area contributed by atoms with Crippen LogP contribution >= 0.6 is 11.8 Å². The quantitative estimate of drug-likeness (QED) is 0.919. The minimum atomic E-state index is -0.106. The van der Waals surface area contributed by atoms with Gasteiger partial charge in [-0.05, 0) is 18.6 Å². The van der Waals surface area contributed by atoms with Crippen LogP contribution in [-0.2, 0) is 9.53 Å². The summed E-state index contributed by atoms with van der Waals surface area (Å²) in [6.07, 6.45) is 0. The smallest absolute Gasteiger partial charge is 0.265 e. The first-order chi connectivity index (χ1) is 10.8. The molecule has 0 radical (unpaired) electrons. The third-order valence-electron chi connectivity index (χ3n) is 3.43. The zero-order valence-corrected chi connectivity index (χ0v) is 13.2. The summed E-state index contributed by atoms with van der Waals surface area (Å²) >= 11 is 1.54. The molecule has 3 nitrogen and oxygen atoms in total. The van der Waals surface area contributed by atoms with E-state index >= 15 is 0 Å². The molecule has 1 aliphatic rings. The number of hydrogen-bond acceptors (Lipinski definition) is 3. The molecule has 0 fully saturated rings. The van der Waals surface area contributed by atoms with Crippen molar-refractivity contribution in [2.75, 3.05) is 17.7 Å². The Hall–Kier alpha value is -2.20. The standard InChI is InChI=1S/C18H17NO2S/c1-13-17(22-12-11-21-13)18(20)19-16-10-6-5-9-15(16)14-7-3-2-4-8-14/h2-10H,11-12H2,1H3,(H,19,20). The van der Waals surface area contributed by atoms with Crippen molar-refractivity contribution in [3.05, 3.63) is 65.3 Å². The lowest BCUT2D eigenvalue weighted by atomic mass is 10.0. The van der Waals surface area contributed by atoms with E-state index in [-0.39, 0.29) is 5.91 Å². The van der Waals surface area contributed by atoms with Crippen molar-refractivity contribution >= 4 is 23.4 Å². The molecule has 1 N–H and O–H groups in total. The maximum absolute atomic E-state index is 12.5. The Morgan fingerprint density at radius 2 is 1.82 bits per heavy atom. The molecule has 0 unspecified atom stereocenters. The van der Waals surface area contributed by atoms with Crippen LogP contribution in [0.4, 0.5) is 5.69 Å². The Morgan fingerprint density at radius 1 is 1.09 bits per heavy atom. The number of ether oxygens (including phenoxy) is 1. The van der Waals surface area contributed by atoms with Gasteiger partial charge in [0.2, 0.25) is 0 Å². The van der Waals surface area contributed by atoms with Crippen LogP contribution in [0.2, 0.25) is 0 Å². The number of allylic oxidation sites excluding steroid dienone is 1. The number of amides is 1. The third-order valence-corrected chi connectivity index (χ3v) is 4.57. The van der Waals surface area contributed by atoms with Gasteiger partial charge in [0.15, 0.2) is 0 Å². The van der Waals surface area contributed by atoms with E-state index in [1.54, 1.807) is 11.8 Å². The molecule has 0 spiro atoms. The Morgan fingerprint density at radius 3 is 2.59 bits per heavy atom. The number of anilines is 1. The summed E-state index contributed by atoms with van der Waals surface area (Å²) in [6.45, 7) is 2.50. The van der Waals surface area contributed by atoms with Gasteiger partial charge in [-0.2, -0.15) is 0 Å². The van der Waals surface area contributed by atoms with Crippen molar-refractivity contribution in [2.24, 2.45) is 0 Å². The van der Waals surface area contributed by atoms with E-state index in [1.165, 1.54) is 0 Å². The minimum absolute atomic E-state index is 0.106. The number of rotatable bonds is 3. The Labute approximate surface area is 134 Å². The maximum atomic E-state index is 12.5. The topological polar surface area (TPSA) is 38.3 Å². The number of benzene rings is 2. The lowest BCUT2D eigenvalue weighted by Crippen LogP contribution is -2.18. The van der Waals surface area contributed by atoms with E-state index in [0.717, 1.165) is 22.6 Å². The fourth-order valence-electron chi connectivity index (χ4n) is 2.37. The van der Waals surface area contributed by atoms with Crippen molar-refractivity contribution in [3.8, 4) is 11.1 Å². The second kappa shape index (κ2) is 6.71. The number of carbonyl (C=O) groups is 1. The molecule has 2 aromatic rings. The Kier molecular flexibility index (Phi) is 4.49. The van der Waals surface area contributed by atoms with Gasteiger partial charge in [0.25, 0.3) is 5.91 Å². The number of nitrogens with one attached hydrogen (secondary N) is 1. The van der Waals surface area contributed by atoms with E-state index in [2.05, 4.69) is 5.32 Å². The monoisotopic (exact) mass is 311 g/mol. The van der Waals surface area contributed by atoms with E-state index in [9.17, 15) is 4.79 Å². The second-order valence-corrected chi connectivity index (χ2v) is 6.05. The van der Waals surface area contributed by atoms with E-state index in [1.807, 2.05) is 61.5 Å². The predicted molar refractivity (Wildman–Crippen MR) is 91.6 cm³/mol. The molecule has 0 saturated carbocycles. The average Bonchev–Trinajstić information content (AvgIpc) is 2.56. The zero-order chi connectivity index (χ0) is 15.4. The maximum Gasteiger partial charge on any atom is 0.265 e. The molecule has 2 aromatic carbocycles. The van der Waals surface area contributed by atoms with Gasteiger partial charge in [-0.1, -0.05) is 48.5 Å². The molecular formula is C18H17NO2S. The van der Waals surface area contributed by atoms with Gasteiger partial charge in [0, 0.05) is 17.0 Å². The molecule has 1 heterocycles. The number of hydrogen-bond donors (Lipinski definition) is 1. The summed E-state index contributed by atoms with van der Waals surface area (Å²) in [5.74, 6) is 1.40. The SMILES string of the molecule is CC1=C(C(=O)Nc2ccccc2-c2ccccc2)SCCO1. The third kappa shape index (κ3) is 3.17. The molecule has 22 heavy (non-hydrogen) atoms. The van der Waals surface area contributed by atoms with Crippen LogP contribution in [-0.4, -0.2) is 18.3 Å². The molecule has 1 aliphatic heterocycles. The summed E-state index contributed by atoms with van der Waals surface area (Å²) in [5, 5.41) is 3.01. The van der Waals surface area contributed by atoms with Gasteiger partial charge in [0.1, 0.15) is 10.7 Å². The summed E-state index contributed by atoms with van der Waals surface area (Å²) in [4.78, 5) is 13.2. The molecule has 4 heteroatoms. The van der Waals surface area contributed by atoms with Gasteiger partial charge in [0.05, 0.1) is 6.61 Å². The lowest BCUT2D eigenvalue weighted by molar-refractivity contribution is -0.112. The first-order valence-electron chi connectivity index (χ1n) is 7.18. The summed E-state index contributed by atoms with van der Waals surface area (Å²) in [5.41, 5.74) is 2.90. The van der Waals surface area contributed by atoms with Crippen LogP contribution < -0.4 is 5.32 Å². The van der Waals surface area contributed by atoms with E-state index < -0.39 is 0 Å². The molecule has 0 aliphatic carbocycles. The van der Waals surface area contributed by atoms with E-state index in [0.29, 0.717) is 17.3 Å². The molecular weight excluding hydrogens is 294 g/mol. The highest BCUT2D eigenvalue weighted by molar-refractivity contribution is 8.04. The van der Waals surface area contributed by atoms with E-state index in [4.69, 9.17) is 4.74 Å². The fraction of sp³-hybridized carbons (Fsp3) is 0.167. The van der Waals surface area contributed by atoms with Crippen LogP contribution in [0.5, 0.6) is 0 Å².